The van der Waals surface area contributed by atoms with Gasteiger partial charge in [-0.15, -0.1) is 0 Å². The topological polar surface area (TPSA) is 190 Å². The molecule has 2 fully saturated rings. The quantitative estimate of drug-likeness (QED) is 0.0866. The summed E-state index contributed by atoms with van der Waals surface area (Å²) in [5.74, 6) is 1.10. The summed E-state index contributed by atoms with van der Waals surface area (Å²) < 4.78 is 58.9. The fraction of sp³-hybridized carbons (Fsp3) is 0.256. The number of anilines is 1. The Labute approximate surface area is 357 Å². The summed E-state index contributed by atoms with van der Waals surface area (Å²) in [6.07, 6.45) is 2.02. The Balaban J connectivity index is 1.000. The average Bonchev–Trinajstić information content (AvgIpc) is 4.13. The number of benzene rings is 4. The van der Waals surface area contributed by atoms with Crippen LogP contribution in [0.3, 0.4) is 0 Å². The normalized spacial score (nSPS) is 19.7. The van der Waals surface area contributed by atoms with E-state index in [0.717, 1.165) is 38.1 Å². The lowest BCUT2D eigenvalue weighted by atomic mass is 9.79. The van der Waals surface area contributed by atoms with Gasteiger partial charge >= 0.3 is 14.9 Å². The maximum absolute atomic E-state index is 13.1. The molecule has 2 aliphatic rings. The lowest BCUT2D eigenvalue weighted by molar-refractivity contribution is -0.272. The lowest BCUT2D eigenvalue weighted by Crippen LogP contribution is -2.36. The van der Waals surface area contributed by atoms with E-state index in [1.165, 1.54) is 25.0 Å². The molecule has 1 N–H and O–H groups in total. The first kappa shape index (κ1) is 41.3. The first-order valence-corrected chi connectivity index (χ1v) is 21.2. The number of hydrogen-bond acceptors (Lipinski definition) is 14. The van der Waals surface area contributed by atoms with E-state index >= 15 is 0 Å². The molecule has 9 rings (SSSR count). The molecule has 0 radical (unpaired) electrons. The van der Waals surface area contributed by atoms with E-state index in [9.17, 15) is 14.6 Å². The van der Waals surface area contributed by atoms with Gasteiger partial charge in [-0.25, -0.2) is 23.9 Å². The van der Waals surface area contributed by atoms with Crippen molar-refractivity contribution in [2.24, 2.45) is 0 Å². The first-order chi connectivity index (χ1) is 30.1. The van der Waals surface area contributed by atoms with Gasteiger partial charge in [0.25, 0.3) is 0 Å². The number of imidazole rings is 2. The van der Waals surface area contributed by atoms with Gasteiger partial charge in [0.2, 0.25) is 5.95 Å². The number of fused-ring (bicyclic) bond motifs is 2. The monoisotopic (exact) mass is 858 g/mol. The van der Waals surface area contributed by atoms with Gasteiger partial charge in [0.15, 0.2) is 11.9 Å². The van der Waals surface area contributed by atoms with Crippen LogP contribution in [-0.2, 0) is 40.1 Å². The number of nitrogens with zero attached hydrogens (tertiary/aromatic N) is 7. The molecule has 2 aliphatic heterocycles. The predicted molar refractivity (Wildman–Crippen MR) is 225 cm³/mol. The molecule has 0 amide bonds. The minimum Gasteiger partial charge on any atom is -0.857 e. The largest absolute Gasteiger partial charge is 0.857 e. The van der Waals surface area contributed by atoms with Crippen molar-refractivity contribution in [1.82, 2.24) is 28.8 Å². The maximum atomic E-state index is 13.1. The van der Waals surface area contributed by atoms with Crippen molar-refractivity contribution in [3.8, 4) is 17.4 Å². The van der Waals surface area contributed by atoms with E-state index in [1.54, 1.807) is 37.8 Å². The molecular formula is C43H42BN7O10P-. The highest BCUT2D eigenvalue weighted by Crippen LogP contribution is 2.47. The van der Waals surface area contributed by atoms with Crippen LogP contribution in [0.4, 0.5) is 5.95 Å². The SMILES string of the molecule is COc1ccc(C(OCc2ccc(B3O[C@@H]4[C@H](O3)[C@@H](COP(=O)(O)n3ccnc3)O[C@H]4n3cnc4c([O-])nc(N(C)C)nc43)cc2)(c2ccccc2)c2ccc(OC)cc2)cc1. The minimum absolute atomic E-state index is 0.0546. The number of hydrogen-bond donors (Lipinski definition) is 1. The smallest absolute Gasteiger partial charge is 0.494 e. The molecule has 0 spiro atoms. The fourth-order valence-corrected chi connectivity index (χ4v) is 8.68. The molecule has 62 heavy (non-hydrogen) atoms. The van der Waals surface area contributed by atoms with Gasteiger partial charge in [-0.1, -0.05) is 78.9 Å². The Kier molecular flexibility index (Phi) is 11.3. The van der Waals surface area contributed by atoms with Gasteiger partial charge in [-0.3, -0.25) is 9.09 Å². The van der Waals surface area contributed by atoms with Gasteiger partial charge in [-0.2, -0.15) is 4.98 Å². The molecule has 7 aromatic rings. The van der Waals surface area contributed by atoms with Crippen LogP contribution in [0.15, 0.2) is 128 Å². The lowest BCUT2D eigenvalue weighted by Gasteiger charge is -2.36. The van der Waals surface area contributed by atoms with Crippen LogP contribution in [0.2, 0.25) is 0 Å². The number of ether oxygens (including phenoxy) is 4. The van der Waals surface area contributed by atoms with E-state index in [2.05, 4.69) is 32.1 Å². The molecule has 1 unspecified atom stereocenters. The Bertz CT molecular complexity index is 2630. The second kappa shape index (κ2) is 17.0. The van der Waals surface area contributed by atoms with Crippen molar-refractivity contribution >= 4 is 37.4 Å². The highest BCUT2D eigenvalue weighted by atomic mass is 31.2. The van der Waals surface area contributed by atoms with Crippen molar-refractivity contribution in [2.45, 2.75) is 36.7 Å². The van der Waals surface area contributed by atoms with Crippen LogP contribution in [-0.4, -0.2) is 94.1 Å². The van der Waals surface area contributed by atoms with Crippen LogP contribution >= 0.6 is 7.75 Å². The standard InChI is InChI=1S/C43H43BN7O10P/c1-49(2)42-47-39-36(40(52)48-42)46-27-51(39)41-38-37(35(59-41)25-58-62(53,54)50-23-22-45-26-50)60-44(61-38)32-16-10-28(11-17-32)24-57-43(29-8-6-5-7-9-29,30-12-18-33(55-3)19-13-30)31-14-20-34(56-4)21-15-31/h5-23,26-27,35,37-38,41H,24-25H2,1-4H3,(H,53,54)(H,47,48,52)/p-1/t35-,37-,38-,41-/m1/s1. The summed E-state index contributed by atoms with van der Waals surface area (Å²) in [7, 11) is 1.54. The molecule has 318 valence electrons. The molecule has 0 saturated carbocycles. The second-order valence-corrected chi connectivity index (χ2v) is 16.6. The molecule has 2 saturated heterocycles. The van der Waals surface area contributed by atoms with Crippen LogP contribution in [0.25, 0.3) is 11.2 Å². The Morgan fingerprint density at radius 1 is 0.855 bits per heavy atom. The zero-order valence-corrected chi connectivity index (χ0v) is 35.0. The third-order valence-corrected chi connectivity index (χ3v) is 12.3. The van der Waals surface area contributed by atoms with Crippen molar-refractivity contribution in [1.29, 1.82) is 0 Å². The predicted octanol–water partition coefficient (Wildman–Crippen LogP) is 4.43. The van der Waals surface area contributed by atoms with E-state index in [4.69, 9.17) is 32.8 Å². The molecule has 4 aromatic carbocycles. The van der Waals surface area contributed by atoms with Gasteiger partial charge in [-0.05, 0) is 52.0 Å². The molecule has 17 nitrogen and oxygen atoms in total. The molecule has 5 heterocycles. The second-order valence-electron chi connectivity index (χ2n) is 14.9. The molecule has 19 heteroatoms. The van der Waals surface area contributed by atoms with Crippen LogP contribution in [0.1, 0.15) is 28.5 Å². The van der Waals surface area contributed by atoms with Crippen LogP contribution in [0.5, 0.6) is 17.4 Å². The highest BCUT2D eigenvalue weighted by Gasteiger charge is 2.56. The van der Waals surface area contributed by atoms with Crippen molar-refractivity contribution < 1.29 is 47.3 Å². The van der Waals surface area contributed by atoms with E-state index in [0.29, 0.717) is 5.46 Å². The summed E-state index contributed by atoms with van der Waals surface area (Å²) in [6.45, 7) is -0.108. The number of aromatic nitrogens is 6. The Morgan fingerprint density at radius 3 is 2.11 bits per heavy atom. The average molecular weight is 859 g/mol. The number of rotatable bonds is 15. The summed E-state index contributed by atoms with van der Waals surface area (Å²) in [5, 5.41) is 12.9. The van der Waals surface area contributed by atoms with Gasteiger partial charge in [0.05, 0.1) is 33.8 Å². The van der Waals surface area contributed by atoms with E-state index in [1.807, 2.05) is 91.0 Å². The molecule has 0 aliphatic carbocycles. The van der Waals surface area contributed by atoms with Crippen molar-refractivity contribution in [3.05, 3.63) is 150 Å². The zero-order valence-electron chi connectivity index (χ0n) is 34.1. The molecular weight excluding hydrogens is 816 g/mol. The van der Waals surface area contributed by atoms with E-state index < -0.39 is 50.9 Å². The fourth-order valence-electron chi connectivity index (χ4n) is 7.79. The molecule has 5 atom stereocenters. The van der Waals surface area contributed by atoms with E-state index in [-0.39, 0.29) is 30.3 Å². The maximum Gasteiger partial charge on any atom is 0.494 e. The number of methoxy groups -OCH3 is 2. The highest BCUT2D eigenvalue weighted by molar-refractivity contribution is 7.51. The van der Waals surface area contributed by atoms with Crippen LogP contribution in [0, 0.1) is 0 Å². The van der Waals surface area contributed by atoms with Crippen molar-refractivity contribution in [2.75, 3.05) is 39.8 Å². The van der Waals surface area contributed by atoms with Crippen LogP contribution < -0.4 is 24.9 Å². The van der Waals surface area contributed by atoms with Gasteiger partial charge in [0.1, 0.15) is 47.3 Å². The summed E-state index contributed by atoms with van der Waals surface area (Å²) in [5.41, 5.74) is 3.62. The zero-order chi connectivity index (χ0) is 43.0. The van der Waals surface area contributed by atoms with Crippen molar-refractivity contribution in [3.63, 3.8) is 0 Å². The minimum atomic E-state index is -4.33. The third kappa shape index (κ3) is 7.70. The van der Waals surface area contributed by atoms with Gasteiger partial charge < -0.3 is 43.2 Å². The first-order valence-electron chi connectivity index (χ1n) is 19.7. The summed E-state index contributed by atoms with van der Waals surface area (Å²) in [4.78, 5) is 29.1. The van der Waals surface area contributed by atoms with Gasteiger partial charge in [0, 0.05) is 32.4 Å². The Hall–Kier alpha value is -6.11. The molecule has 0 bridgehead atoms. The summed E-state index contributed by atoms with van der Waals surface area (Å²) in [6, 6.07) is 33.5. The summed E-state index contributed by atoms with van der Waals surface area (Å²) >= 11 is 0. The Morgan fingerprint density at radius 2 is 1.50 bits per heavy atom. The third-order valence-electron chi connectivity index (χ3n) is 11.0. The molecule has 3 aromatic heterocycles.